The van der Waals surface area contributed by atoms with E-state index in [0.717, 1.165) is 16.8 Å². The predicted molar refractivity (Wildman–Crippen MR) is 74.6 cm³/mol. The van der Waals surface area contributed by atoms with E-state index in [1.165, 1.54) is 0 Å². The number of rotatable bonds is 2. The highest BCUT2D eigenvalue weighted by molar-refractivity contribution is 6.30. The molecule has 0 fully saturated rings. The van der Waals surface area contributed by atoms with E-state index in [9.17, 15) is 9.90 Å². The molecule has 20 heavy (non-hydrogen) atoms. The Balaban J connectivity index is 2.22. The number of carbonyl (C=O) groups is 1. The summed E-state index contributed by atoms with van der Waals surface area (Å²) in [5.74, 6) is -0.135. The quantitative estimate of drug-likeness (QED) is 0.877. The molecule has 0 aliphatic carbocycles. The van der Waals surface area contributed by atoms with Gasteiger partial charge in [0.2, 0.25) is 5.91 Å². The SMILES string of the molecule is CC1CC(=O)NN=C1c1c(CO)nn2cc(Cl)ccc12. The smallest absolute Gasteiger partial charge is 0.240 e. The molecule has 1 atom stereocenters. The Kier molecular flexibility index (Phi) is 3.19. The number of aliphatic hydroxyl groups is 1. The zero-order valence-electron chi connectivity index (χ0n) is 10.8. The summed E-state index contributed by atoms with van der Waals surface area (Å²) in [5, 5.41) is 18.5. The molecule has 1 amide bonds. The van der Waals surface area contributed by atoms with Crippen molar-refractivity contribution in [1.82, 2.24) is 15.0 Å². The van der Waals surface area contributed by atoms with Crippen LogP contribution < -0.4 is 5.43 Å². The fourth-order valence-electron chi connectivity index (χ4n) is 2.42. The number of fused-ring (bicyclic) bond motifs is 1. The lowest BCUT2D eigenvalue weighted by atomic mass is 9.93. The highest BCUT2D eigenvalue weighted by atomic mass is 35.5. The normalized spacial score (nSPS) is 19.1. The van der Waals surface area contributed by atoms with Crippen LogP contribution in [0.3, 0.4) is 0 Å². The van der Waals surface area contributed by atoms with Crippen LogP contribution in [0.15, 0.2) is 23.4 Å². The number of hydrogen-bond donors (Lipinski definition) is 2. The second-order valence-corrected chi connectivity index (χ2v) is 5.23. The Bertz CT molecular complexity index is 722. The van der Waals surface area contributed by atoms with E-state index in [-0.39, 0.29) is 18.4 Å². The number of nitrogens with zero attached hydrogens (tertiary/aromatic N) is 3. The highest BCUT2D eigenvalue weighted by Gasteiger charge is 2.26. The van der Waals surface area contributed by atoms with Crippen molar-refractivity contribution >= 4 is 28.7 Å². The van der Waals surface area contributed by atoms with Crippen molar-refractivity contribution in [2.45, 2.75) is 20.0 Å². The van der Waals surface area contributed by atoms with Gasteiger partial charge in [0, 0.05) is 24.1 Å². The van der Waals surface area contributed by atoms with E-state index in [1.54, 1.807) is 16.8 Å². The summed E-state index contributed by atoms with van der Waals surface area (Å²) < 4.78 is 1.62. The van der Waals surface area contributed by atoms with Crippen molar-refractivity contribution in [1.29, 1.82) is 0 Å². The minimum Gasteiger partial charge on any atom is -0.390 e. The maximum atomic E-state index is 11.3. The van der Waals surface area contributed by atoms with E-state index in [4.69, 9.17) is 11.6 Å². The van der Waals surface area contributed by atoms with Crippen molar-refractivity contribution in [2.24, 2.45) is 11.0 Å². The first-order valence-corrected chi connectivity index (χ1v) is 6.62. The summed E-state index contributed by atoms with van der Waals surface area (Å²) >= 11 is 5.95. The molecule has 104 valence electrons. The average Bonchev–Trinajstić information content (AvgIpc) is 2.76. The van der Waals surface area contributed by atoms with Gasteiger partial charge in [-0.25, -0.2) is 9.94 Å². The van der Waals surface area contributed by atoms with Gasteiger partial charge in [-0.1, -0.05) is 18.5 Å². The second-order valence-electron chi connectivity index (χ2n) is 4.79. The maximum absolute atomic E-state index is 11.3. The van der Waals surface area contributed by atoms with Crippen LogP contribution in [-0.4, -0.2) is 26.3 Å². The zero-order valence-corrected chi connectivity index (χ0v) is 11.6. The lowest BCUT2D eigenvalue weighted by Gasteiger charge is -2.19. The Morgan fingerprint density at radius 1 is 1.55 bits per heavy atom. The van der Waals surface area contributed by atoms with Crippen LogP contribution in [0.1, 0.15) is 24.6 Å². The monoisotopic (exact) mass is 292 g/mol. The molecule has 1 unspecified atom stereocenters. The molecular formula is C13H13ClN4O2. The minimum absolute atomic E-state index is 0.0299. The molecule has 2 aromatic rings. The van der Waals surface area contributed by atoms with Crippen LogP contribution in [0.5, 0.6) is 0 Å². The van der Waals surface area contributed by atoms with Gasteiger partial charge in [-0.3, -0.25) is 4.79 Å². The van der Waals surface area contributed by atoms with Crippen LogP contribution in [0.2, 0.25) is 5.02 Å². The number of halogens is 1. The molecule has 0 aromatic carbocycles. The number of pyridine rings is 1. The molecule has 0 spiro atoms. The van der Waals surface area contributed by atoms with Crippen LogP contribution in [0.25, 0.3) is 5.52 Å². The molecule has 0 radical (unpaired) electrons. The van der Waals surface area contributed by atoms with Crippen molar-refractivity contribution in [2.75, 3.05) is 0 Å². The van der Waals surface area contributed by atoms with Gasteiger partial charge in [-0.05, 0) is 12.1 Å². The second kappa shape index (κ2) is 4.88. The summed E-state index contributed by atoms with van der Waals surface area (Å²) in [7, 11) is 0. The molecule has 7 heteroatoms. The zero-order chi connectivity index (χ0) is 14.3. The molecule has 1 aliphatic rings. The summed E-state index contributed by atoms with van der Waals surface area (Å²) in [6, 6.07) is 3.59. The third-order valence-electron chi connectivity index (χ3n) is 3.33. The average molecular weight is 293 g/mol. The summed E-state index contributed by atoms with van der Waals surface area (Å²) in [5.41, 5.74) is 5.30. The Morgan fingerprint density at radius 2 is 2.35 bits per heavy atom. The molecule has 0 bridgehead atoms. The number of amides is 1. The van der Waals surface area contributed by atoms with Gasteiger partial charge in [0.25, 0.3) is 0 Å². The number of hydrogen-bond acceptors (Lipinski definition) is 4. The van der Waals surface area contributed by atoms with Crippen molar-refractivity contribution in [3.63, 3.8) is 0 Å². The number of aromatic nitrogens is 2. The maximum Gasteiger partial charge on any atom is 0.240 e. The van der Waals surface area contributed by atoms with Crippen molar-refractivity contribution in [3.8, 4) is 0 Å². The van der Waals surface area contributed by atoms with Gasteiger partial charge >= 0.3 is 0 Å². The van der Waals surface area contributed by atoms with E-state index in [1.807, 2.05) is 13.0 Å². The van der Waals surface area contributed by atoms with Gasteiger partial charge < -0.3 is 5.11 Å². The first kappa shape index (κ1) is 13.1. The van der Waals surface area contributed by atoms with Crippen LogP contribution in [-0.2, 0) is 11.4 Å². The van der Waals surface area contributed by atoms with Crippen LogP contribution >= 0.6 is 11.6 Å². The first-order chi connectivity index (χ1) is 9.60. The van der Waals surface area contributed by atoms with E-state index in [0.29, 0.717) is 17.1 Å². The van der Waals surface area contributed by atoms with Crippen molar-refractivity contribution < 1.29 is 9.90 Å². The molecule has 6 nitrogen and oxygen atoms in total. The minimum atomic E-state index is -0.200. The molecule has 0 saturated carbocycles. The van der Waals surface area contributed by atoms with Gasteiger partial charge in [0.15, 0.2) is 0 Å². The third-order valence-corrected chi connectivity index (χ3v) is 3.55. The van der Waals surface area contributed by atoms with E-state index in [2.05, 4.69) is 15.6 Å². The van der Waals surface area contributed by atoms with E-state index >= 15 is 0 Å². The molecule has 1 aliphatic heterocycles. The fourth-order valence-corrected chi connectivity index (χ4v) is 2.57. The fraction of sp³-hybridized carbons (Fsp3) is 0.308. The van der Waals surface area contributed by atoms with Gasteiger partial charge in [-0.2, -0.15) is 10.2 Å². The summed E-state index contributed by atoms with van der Waals surface area (Å²) in [6.45, 7) is 1.73. The van der Waals surface area contributed by atoms with Gasteiger partial charge in [-0.15, -0.1) is 0 Å². The summed E-state index contributed by atoms with van der Waals surface area (Å²) in [6.07, 6.45) is 2.04. The van der Waals surface area contributed by atoms with Crippen molar-refractivity contribution in [3.05, 3.63) is 34.6 Å². The molecule has 3 heterocycles. The van der Waals surface area contributed by atoms with Crippen LogP contribution in [0, 0.1) is 5.92 Å². The number of carbonyl (C=O) groups excluding carboxylic acids is 1. The Labute approximate surface area is 120 Å². The molecule has 3 rings (SSSR count). The largest absolute Gasteiger partial charge is 0.390 e. The Hall–Kier alpha value is -1.92. The number of aliphatic hydroxyl groups excluding tert-OH is 1. The number of nitrogens with one attached hydrogen (secondary N) is 1. The molecule has 0 saturated heterocycles. The molecule has 2 N–H and O–H groups in total. The standard InChI is InChI=1S/C13H13ClN4O2/c1-7-4-11(20)15-16-13(7)12-9(6-19)17-18-5-8(14)2-3-10(12)18/h2-3,5,7,19H,4,6H2,1H3,(H,15,20). The lowest BCUT2D eigenvalue weighted by Crippen LogP contribution is -2.32. The lowest BCUT2D eigenvalue weighted by molar-refractivity contribution is -0.121. The topological polar surface area (TPSA) is 79.0 Å². The van der Waals surface area contributed by atoms with Gasteiger partial charge in [0.05, 0.1) is 28.6 Å². The highest BCUT2D eigenvalue weighted by Crippen LogP contribution is 2.25. The summed E-state index contributed by atoms with van der Waals surface area (Å²) in [4.78, 5) is 11.3. The third kappa shape index (κ3) is 2.07. The molecule has 2 aromatic heterocycles. The van der Waals surface area contributed by atoms with Crippen LogP contribution in [0.4, 0.5) is 0 Å². The van der Waals surface area contributed by atoms with Gasteiger partial charge in [0.1, 0.15) is 0 Å². The number of hydrazone groups is 1. The van der Waals surface area contributed by atoms with E-state index < -0.39 is 0 Å². The molecular weight excluding hydrogens is 280 g/mol. The predicted octanol–water partition coefficient (Wildman–Crippen LogP) is 1.34. The Morgan fingerprint density at radius 3 is 3.05 bits per heavy atom. The first-order valence-electron chi connectivity index (χ1n) is 6.24.